The fourth-order valence-electron chi connectivity index (χ4n) is 3.96. The number of nitrogens with one attached hydrogen (secondary N) is 2. The van der Waals surface area contributed by atoms with Crippen molar-refractivity contribution in [1.82, 2.24) is 20.4 Å². The molecule has 27 heavy (non-hydrogen) atoms. The average molecular weight is 374 g/mol. The number of hydrogen-bond acceptors (Lipinski definition) is 4. The second kappa shape index (κ2) is 8.17. The summed E-state index contributed by atoms with van der Waals surface area (Å²) in [4.78, 5) is 28.8. The molecule has 7 nitrogen and oxygen atoms in total. The predicted molar refractivity (Wildman–Crippen MR) is 104 cm³/mol. The quantitative estimate of drug-likeness (QED) is 0.836. The van der Waals surface area contributed by atoms with Crippen molar-refractivity contribution in [3.63, 3.8) is 0 Å². The Kier molecular flexibility index (Phi) is 5.89. The zero-order valence-electron chi connectivity index (χ0n) is 16.5. The Morgan fingerprint density at radius 2 is 2.00 bits per heavy atom. The highest BCUT2D eigenvalue weighted by Gasteiger charge is 2.43. The SMILES string of the molecule is COc1ccc(CN2CCN(C(=O)NC(C)C)C[C@@]3(CNC(=O)C3)C2)cc1. The lowest BCUT2D eigenvalue weighted by atomic mass is 9.86. The van der Waals surface area contributed by atoms with Crippen LogP contribution in [0.2, 0.25) is 0 Å². The molecule has 0 radical (unpaired) electrons. The predicted octanol–water partition coefficient (Wildman–Crippen LogP) is 1.44. The monoisotopic (exact) mass is 374 g/mol. The van der Waals surface area contributed by atoms with Gasteiger partial charge < -0.3 is 20.3 Å². The van der Waals surface area contributed by atoms with Crippen molar-refractivity contribution >= 4 is 11.9 Å². The molecule has 2 heterocycles. The van der Waals surface area contributed by atoms with E-state index in [1.54, 1.807) is 7.11 Å². The molecule has 1 spiro atoms. The van der Waals surface area contributed by atoms with Gasteiger partial charge in [0.05, 0.1) is 7.11 Å². The second-order valence-corrected chi connectivity index (χ2v) is 8.04. The molecule has 1 aromatic carbocycles. The molecular formula is C20H30N4O3. The van der Waals surface area contributed by atoms with Crippen LogP contribution in [0.5, 0.6) is 5.75 Å². The Bertz CT molecular complexity index is 676. The third-order valence-corrected chi connectivity index (χ3v) is 5.23. The first-order chi connectivity index (χ1) is 12.9. The molecule has 2 saturated heterocycles. The normalized spacial score (nSPS) is 23.4. The topological polar surface area (TPSA) is 73.9 Å². The van der Waals surface area contributed by atoms with Crippen LogP contribution in [0.25, 0.3) is 0 Å². The molecule has 0 aromatic heterocycles. The Morgan fingerprint density at radius 3 is 2.59 bits per heavy atom. The van der Waals surface area contributed by atoms with Gasteiger partial charge >= 0.3 is 6.03 Å². The maximum Gasteiger partial charge on any atom is 0.317 e. The number of benzene rings is 1. The number of carbonyl (C=O) groups excluding carboxylic acids is 2. The molecule has 3 amide bonds. The highest BCUT2D eigenvalue weighted by molar-refractivity contribution is 5.80. The van der Waals surface area contributed by atoms with E-state index in [1.807, 2.05) is 30.9 Å². The summed E-state index contributed by atoms with van der Waals surface area (Å²) in [6.07, 6.45) is 0.470. The van der Waals surface area contributed by atoms with Gasteiger partial charge in [0.15, 0.2) is 0 Å². The lowest BCUT2D eigenvalue weighted by Gasteiger charge is -2.33. The number of rotatable bonds is 4. The van der Waals surface area contributed by atoms with Crippen LogP contribution in [0.3, 0.4) is 0 Å². The van der Waals surface area contributed by atoms with Crippen LogP contribution in [0, 0.1) is 5.41 Å². The summed E-state index contributed by atoms with van der Waals surface area (Å²) in [5.74, 6) is 0.915. The molecule has 7 heteroatoms. The van der Waals surface area contributed by atoms with Crippen molar-refractivity contribution in [2.75, 3.05) is 39.8 Å². The van der Waals surface area contributed by atoms with Crippen LogP contribution >= 0.6 is 0 Å². The summed E-state index contributed by atoms with van der Waals surface area (Å²) in [6, 6.07) is 8.11. The molecule has 2 N–H and O–H groups in total. The van der Waals surface area contributed by atoms with E-state index in [9.17, 15) is 9.59 Å². The van der Waals surface area contributed by atoms with Crippen molar-refractivity contribution in [3.05, 3.63) is 29.8 Å². The first kappa shape index (κ1) is 19.5. The minimum absolute atomic E-state index is 0.0463. The van der Waals surface area contributed by atoms with Crippen molar-refractivity contribution < 1.29 is 14.3 Å². The van der Waals surface area contributed by atoms with E-state index in [2.05, 4.69) is 27.7 Å². The summed E-state index contributed by atoms with van der Waals surface area (Å²) < 4.78 is 5.23. The van der Waals surface area contributed by atoms with E-state index in [4.69, 9.17) is 4.74 Å². The molecule has 0 aliphatic carbocycles. The number of amides is 3. The second-order valence-electron chi connectivity index (χ2n) is 8.04. The van der Waals surface area contributed by atoms with Gasteiger partial charge in [-0.2, -0.15) is 0 Å². The van der Waals surface area contributed by atoms with Gasteiger partial charge in [-0.05, 0) is 31.5 Å². The van der Waals surface area contributed by atoms with Crippen LogP contribution in [0.1, 0.15) is 25.8 Å². The standard InChI is InChI=1S/C20H30N4O3/c1-15(2)22-19(26)24-9-8-23(11-16-4-6-17(27-3)7-5-16)13-20(14-24)10-18(25)21-12-20/h4-7,15H,8-14H2,1-3H3,(H,21,25)(H,22,26)/t20-/m0/s1. The zero-order valence-corrected chi connectivity index (χ0v) is 16.5. The van der Waals surface area contributed by atoms with E-state index in [0.717, 1.165) is 25.4 Å². The van der Waals surface area contributed by atoms with Crippen molar-refractivity contribution in [1.29, 1.82) is 0 Å². The molecule has 2 fully saturated rings. The molecule has 0 saturated carbocycles. The first-order valence-corrected chi connectivity index (χ1v) is 9.56. The van der Waals surface area contributed by atoms with E-state index in [0.29, 0.717) is 26.1 Å². The number of urea groups is 1. The summed E-state index contributed by atoms with van der Waals surface area (Å²) >= 11 is 0. The molecule has 0 unspecified atom stereocenters. The number of carbonyl (C=O) groups is 2. The van der Waals surface area contributed by atoms with Crippen LogP contribution in [-0.4, -0.2) is 67.6 Å². The van der Waals surface area contributed by atoms with Gasteiger partial charge in [-0.15, -0.1) is 0 Å². The van der Waals surface area contributed by atoms with Crippen molar-refractivity contribution in [2.45, 2.75) is 32.9 Å². The van der Waals surface area contributed by atoms with Crippen molar-refractivity contribution in [3.8, 4) is 5.75 Å². The summed E-state index contributed by atoms with van der Waals surface area (Å²) in [5, 5.41) is 5.95. The van der Waals surface area contributed by atoms with E-state index < -0.39 is 0 Å². The minimum atomic E-state index is -0.228. The van der Waals surface area contributed by atoms with Gasteiger partial charge in [0.1, 0.15) is 5.75 Å². The molecule has 2 aliphatic heterocycles. The van der Waals surface area contributed by atoms with Gasteiger partial charge in [-0.25, -0.2) is 4.79 Å². The molecule has 148 valence electrons. The van der Waals surface area contributed by atoms with Crippen LogP contribution < -0.4 is 15.4 Å². The number of ether oxygens (including phenoxy) is 1. The first-order valence-electron chi connectivity index (χ1n) is 9.56. The van der Waals surface area contributed by atoms with Gasteiger partial charge in [-0.1, -0.05) is 12.1 Å². The zero-order chi connectivity index (χ0) is 19.4. The summed E-state index contributed by atoms with van der Waals surface area (Å²) in [7, 11) is 1.66. The lowest BCUT2D eigenvalue weighted by Crippen LogP contribution is -2.48. The minimum Gasteiger partial charge on any atom is -0.497 e. The Hall–Kier alpha value is -2.28. The smallest absolute Gasteiger partial charge is 0.317 e. The third-order valence-electron chi connectivity index (χ3n) is 5.23. The number of nitrogens with zero attached hydrogens (tertiary/aromatic N) is 2. The van der Waals surface area contributed by atoms with Gasteiger partial charge in [-0.3, -0.25) is 9.69 Å². The molecule has 3 rings (SSSR count). The maximum absolute atomic E-state index is 12.6. The largest absolute Gasteiger partial charge is 0.497 e. The molecule has 1 atom stereocenters. The Labute approximate surface area is 161 Å². The maximum atomic E-state index is 12.6. The Balaban J connectivity index is 1.74. The van der Waals surface area contributed by atoms with E-state index in [1.165, 1.54) is 5.56 Å². The van der Waals surface area contributed by atoms with Crippen LogP contribution in [-0.2, 0) is 11.3 Å². The molecular weight excluding hydrogens is 344 g/mol. The molecule has 0 bridgehead atoms. The van der Waals surface area contributed by atoms with Gasteiger partial charge in [0, 0.05) is 57.1 Å². The van der Waals surface area contributed by atoms with E-state index >= 15 is 0 Å². The van der Waals surface area contributed by atoms with Crippen LogP contribution in [0.4, 0.5) is 4.79 Å². The highest BCUT2D eigenvalue weighted by Crippen LogP contribution is 2.31. The highest BCUT2D eigenvalue weighted by atomic mass is 16.5. The fourth-order valence-corrected chi connectivity index (χ4v) is 3.96. The van der Waals surface area contributed by atoms with Crippen molar-refractivity contribution in [2.24, 2.45) is 5.41 Å². The average Bonchev–Trinajstić information content (AvgIpc) is 2.88. The number of hydrogen-bond donors (Lipinski definition) is 2. The fraction of sp³-hybridized carbons (Fsp3) is 0.600. The summed E-state index contributed by atoms with van der Waals surface area (Å²) in [5.41, 5.74) is 0.970. The van der Waals surface area contributed by atoms with E-state index in [-0.39, 0.29) is 23.4 Å². The Morgan fingerprint density at radius 1 is 1.26 bits per heavy atom. The van der Waals surface area contributed by atoms with Crippen LogP contribution in [0.15, 0.2) is 24.3 Å². The summed E-state index contributed by atoms with van der Waals surface area (Å²) in [6.45, 7) is 8.17. The molecule has 1 aromatic rings. The van der Waals surface area contributed by atoms with Gasteiger partial charge in [0.25, 0.3) is 0 Å². The third kappa shape index (κ3) is 4.91. The molecule has 2 aliphatic rings. The lowest BCUT2D eigenvalue weighted by molar-refractivity contribution is -0.119. The number of methoxy groups -OCH3 is 1. The van der Waals surface area contributed by atoms with Gasteiger partial charge in [0.2, 0.25) is 5.91 Å².